The highest BCUT2D eigenvalue weighted by atomic mass is 32.2. The summed E-state index contributed by atoms with van der Waals surface area (Å²) in [4.78, 5) is 33.8. The van der Waals surface area contributed by atoms with Gasteiger partial charge in [0, 0.05) is 57.4 Å². The summed E-state index contributed by atoms with van der Waals surface area (Å²) >= 11 is 0. The molecule has 3 aromatic rings. The lowest BCUT2D eigenvalue weighted by Gasteiger charge is -2.34. The van der Waals surface area contributed by atoms with E-state index < -0.39 is 10.0 Å². The maximum Gasteiger partial charge on any atom is 0.257 e. The molecule has 1 aliphatic heterocycles. The molecular weight excluding hydrogens is 446 g/mol. The molecule has 2 aromatic heterocycles. The van der Waals surface area contributed by atoms with Gasteiger partial charge in [0.15, 0.2) is 5.78 Å². The first-order valence-electron chi connectivity index (χ1n) is 10.4. The average Bonchev–Trinajstić information content (AvgIpc) is 3.27. The van der Waals surface area contributed by atoms with Crippen LogP contribution in [0.4, 0.5) is 5.69 Å². The van der Waals surface area contributed by atoms with Crippen LogP contribution in [0.3, 0.4) is 0 Å². The summed E-state index contributed by atoms with van der Waals surface area (Å²) in [5.74, 6) is -0.510. The number of piperazine rings is 1. The summed E-state index contributed by atoms with van der Waals surface area (Å²) < 4.78 is 26.4. The molecule has 1 amide bonds. The molecule has 3 heterocycles. The second-order valence-electron chi connectivity index (χ2n) is 8.01. The molecular formula is C22H25N5O5S. The molecule has 33 heavy (non-hydrogen) atoms. The quantitative estimate of drug-likeness (QED) is 0.535. The molecule has 1 N–H and O–H groups in total. The third-order valence-corrected chi connectivity index (χ3v) is 7.00. The van der Waals surface area contributed by atoms with Crippen molar-refractivity contribution in [3.05, 3.63) is 60.0 Å². The van der Waals surface area contributed by atoms with Crippen LogP contribution in [0.15, 0.2) is 48.9 Å². The Labute approximate surface area is 191 Å². The summed E-state index contributed by atoms with van der Waals surface area (Å²) in [6.07, 6.45) is 6.30. The minimum absolute atomic E-state index is 0.0481. The standard InChI is InChI=1S/C22H25N5O5S/c1-24(33(2,31)32)18-14-16(5-6-19(18)28)20(29)15-25-10-12-27(13-11-25)22(30)17-4-3-8-26-9-7-23-21(17)26/h3-9,14,28H,10-13,15H2,1-2H3. The number of carbonyl (C=O) groups excluding carboxylic acids is 2. The number of phenols is 1. The van der Waals surface area contributed by atoms with Gasteiger partial charge in [0.2, 0.25) is 10.0 Å². The third kappa shape index (κ3) is 4.69. The Bertz CT molecular complexity index is 1310. The molecule has 1 fully saturated rings. The Balaban J connectivity index is 1.40. The lowest BCUT2D eigenvalue weighted by Crippen LogP contribution is -2.50. The zero-order chi connectivity index (χ0) is 23.8. The molecule has 0 unspecified atom stereocenters. The number of phenolic OH excluding ortho intramolecular Hbond substituents is 1. The van der Waals surface area contributed by atoms with E-state index in [-0.39, 0.29) is 29.7 Å². The maximum atomic E-state index is 13.0. The number of Topliss-reactive ketones (excluding diaryl/α,β-unsaturated/α-hetero) is 1. The van der Waals surface area contributed by atoms with Gasteiger partial charge in [-0.1, -0.05) is 0 Å². The number of sulfonamides is 1. The van der Waals surface area contributed by atoms with Crippen LogP contribution in [-0.4, -0.2) is 90.4 Å². The number of nitrogens with zero attached hydrogens (tertiary/aromatic N) is 5. The lowest BCUT2D eigenvalue weighted by molar-refractivity contribution is 0.0625. The van der Waals surface area contributed by atoms with Gasteiger partial charge in [-0.3, -0.25) is 18.8 Å². The number of imidazole rings is 1. The summed E-state index contributed by atoms with van der Waals surface area (Å²) in [5, 5.41) is 10.0. The van der Waals surface area contributed by atoms with Crippen LogP contribution in [0.1, 0.15) is 20.7 Å². The zero-order valence-electron chi connectivity index (χ0n) is 18.4. The Morgan fingerprint density at radius 3 is 2.55 bits per heavy atom. The zero-order valence-corrected chi connectivity index (χ0v) is 19.2. The Kier molecular flexibility index (Phi) is 6.09. The minimum atomic E-state index is -3.59. The maximum absolute atomic E-state index is 13.0. The molecule has 0 saturated carbocycles. The van der Waals surface area contributed by atoms with E-state index in [1.54, 1.807) is 27.8 Å². The van der Waals surface area contributed by atoms with Gasteiger partial charge in [0.1, 0.15) is 11.4 Å². The number of fused-ring (bicyclic) bond motifs is 1. The highest BCUT2D eigenvalue weighted by Crippen LogP contribution is 2.29. The van der Waals surface area contributed by atoms with Crippen molar-refractivity contribution in [2.45, 2.75) is 0 Å². The number of hydrogen-bond acceptors (Lipinski definition) is 7. The number of hydrogen-bond donors (Lipinski definition) is 1. The SMILES string of the molecule is CN(c1cc(C(=O)CN2CCN(C(=O)c3cccn4ccnc34)CC2)ccc1O)S(C)(=O)=O. The molecule has 0 bridgehead atoms. The highest BCUT2D eigenvalue weighted by molar-refractivity contribution is 7.92. The minimum Gasteiger partial charge on any atom is -0.506 e. The number of anilines is 1. The number of pyridine rings is 1. The average molecular weight is 472 g/mol. The number of rotatable bonds is 6. The van der Waals surface area contributed by atoms with E-state index in [1.165, 1.54) is 25.2 Å². The number of ketones is 1. The van der Waals surface area contributed by atoms with E-state index in [9.17, 15) is 23.1 Å². The van der Waals surface area contributed by atoms with Crippen LogP contribution in [-0.2, 0) is 10.0 Å². The van der Waals surface area contributed by atoms with Gasteiger partial charge in [-0.15, -0.1) is 0 Å². The van der Waals surface area contributed by atoms with Gasteiger partial charge in [0.05, 0.1) is 24.1 Å². The number of carbonyl (C=O) groups is 2. The molecule has 1 aliphatic rings. The largest absolute Gasteiger partial charge is 0.506 e. The third-order valence-electron chi connectivity index (χ3n) is 5.81. The molecule has 4 rings (SSSR count). The second-order valence-corrected chi connectivity index (χ2v) is 10.0. The fourth-order valence-electron chi connectivity index (χ4n) is 3.82. The van der Waals surface area contributed by atoms with Gasteiger partial charge >= 0.3 is 0 Å². The molecule has 0 radical (unpaired) electrons. The van der Waals surface area contributed by atoms with Crippen molar-refractivity contribution >= 4 is 33.0 Å². The van der Waals surface area contributed by atoms with Gasteiger partial charge in [-0.05, 0) is 30.3 Å². The highest BCUT2D eigenvalue weighted by Gasteiger charge is 2.26. The van der Waals surface area contributed by atoms with Crippen molar-refractivity contribution in [2.24, 2.45) is 0 Å². The van der Waals surface area contributed by atoms with Crippen molar-refractivity contribution in [3.63, 3.8) is 0 Å². The smallest absolute Gasteiger partial charge is 0.257 e. The van der Waals surface area contributed by atoms with Crippen LogP contribution < -0.4 is 4.31 Å². The summed E-state index contributed by atoms with van der Waals surface area (Å²) in [7, 11) is -2.27. The summed E-state index contributed by atoms with van der Waals surface area (Å²) in [5.41, 5.74) is 1.51. The van der Waals surface area contributed by atoms with E-state index in [0.29, 0.717) is 43.0 Å². The van der Waals surface area contributed by atoms with Crippen LogP contribution in [0.25, 0.3) is 5.65 Å². The Hall–Kier alpha value is -3.44. The van der Waals surface area contributed by atoms with Crippen LogP contribution in [0.2, 0.25) is 0 Å². The lowest BCUT2D eigenvalue weighted by atomic mass is 10.1. The molecule has 0 spiro atoms. The van der Waals surface area contributed by atoms with E-state index in [1.807, 2.05) is 17.2 Å². The molecule has 10 nitrogen and oxygen atoms in total. The van der Waals surface area contributed by atoms with E-state index in [4.69, 9.17) is 0 Å². The fourth-order valence-corrected chi connectivity index (χ4v) is 4.32. The first-order valence-corrected chi connectivity index (χ1v) is 12.2. The summed E-state index contributed by atoms with van der Waals surface area (Å²) in [6, 6.07) is 7.74. The number of aromatic hydroxyl groups is 1. The molecule has 11 heteroatoms. The predicted molar refractivity (Wildman–Crippen MR) is 123 cm³/mol. The monoisotopic (exact) mass is 471 g/mol. The summed E-state index contributed by atoms with van der Waals surface area (Å²) in [6.45, 7) is 2.15. The van der Waals surface area contributed by atoms with Gasteiger partial charge in [-0.25, -0.2) is 13.4 Å². The number of aromatic nitrogens is 2. The van der Waals surface area contributed by atoms with Crippen LogP contribution in [0.5, 0.6) is 5.75 Å². The molecule has 1 saturated heterocycles. The number of amides is 1. The van der Waals surface area contributed by atoms with Gasteiger partial charge in [-0.2, -0.15) is 0 Å². The van der Waals surface area contributed by atoms with Gasteiger partial charge in [0.25, 0.3) is 5.91 Å². The molecule has 0 aliphatic carbocycles. The van der Waals surface area contributed by atoms with Crippen molar-refractivity contribution in [2.75, 3.05) is 50.3 Å². The topological polar surface area (TPSA) is 116 Å². The van der Waals surface area contributed by atoms with Gasteiger partial charge < -0.3 is 14.4 Å². The van der Waals surface area contributed by atoms with Crippen LogP contribution >= 0.6 is 0 Å². The Morgan fingerprint density at radius 1 is 1.12 bits per heavy atom. The molecule has 174 valence electrons. The Morgan fingerprint density at radius 2 is 1.85 bits per heavy atom. The first-order chi connectivity index (χ1) is 15.6. The van der Waals surface area contributed by atoms with Crippen molar-refractivity contribution in [3.8, 4) is 5.75 Å². The predicted octanol–water partition coefficient (Wildman–Crippen LogP) is 1.08. The molecule has 0 atom stereocenters. The number of benzene rings is 1. The van der Waals surface area contributed by atoms with Crippen LogP contribution in [0, 0.1) is 0 Å². The van der Waals surface area contributed by atoms with E-state index in [2.05, 4.69) is 4.98 Å². The second kappa shape index (κ2) is 8.83. The molecule has 1 aromatic carbocycles. The van der Waals surface area contributed by atoms with E-state index >= 15 is 0 Å². The normalized spacial score (nSPS) is 15.0. The van der Waals surface area contributed by atoms with Crippen molar-refractivity contribution in [1.29, 1.82) is 0 Å². The van der Waals surface area contributed by atoms with Crippen molar-refractivity contribution < 1.29 is 23.1 Å². The fraction of sp³-hybridized carbons (Fsp3) is 0.318. The van der Waals surface area contributed by atoms with E-state index in [0.717, 1.165) is 10.6 Å². The van der Waals surface area contributed by atoms with Crippen molar-refractivity contribution in [1.82, 2.24) is 19.2 Å². The first kappa shape index (κ1) is 22.7.